The van der Waals surface area contributed by atoms with Crippen molar-refractivity contribution in [2.75, 3.05) is 11.9 Å². The van der Waals surface area contributed by atoms with Crippen molar-refractivity contribution in [1.29, 1.82) is 0 Å². The number of rotatable bonds is 4. The summed E-state index contributed by atoms with van der Waals surface area (Å²) in [6, 6.07) is 24.6. The Balaban J connectivity index is 1.30. The van der Waals surface area contributed by atoms with E-state index in [0.29, 0.717) is 12.4 Å². The van der Waals surface area contributed by atoms with E-state index < -0.39 is 0 Å². The number of aryl methyl sites for hydroxylation is 1. The van der Waals surface area contributed by atoms with Crippen LogP contribution in [-0.4, -0.2) is 27.1 Å². The maximum atomic E-state index is 12.7. The van der Waals surface area contributed by atoms with Gasteiger partial charge in [-0.2, -0.15) is 0 Å². The van der Waals surface area contributed by atoms with Crippen LogP contribution >= 0.6 is 0 Å². The van der Waals surface area contributed by atoms with Crippen LogP contribution in [0.25, 0.3) is 16.5 Å². The van der Waals surface area contributed by atoms with Crippen LogP contribution in [0.15, 0.2) is 72.8 Å². The number of anilines is 1. The molecule has 1 N–H and O–H groups in total. The fourth-order valence-electron chi connectivity index (χ4n) is 4.17. The van der Waals surface area contributed by atoms with Gasteiger partial charge in [0.05, 0.1) is 12.2 Å². The van der Waals surface area contributed by atoms with E-state index in [1.807, 2.05) is 48.0 Å². The smallest absolute Gasteiger partial charge is 0.239 e. The van der Waals surface area contributed by atoms with Crippen molar-refractivity contribution in [3.8, 4) is 5.69 Å². The quantitative estimate of drug-likeness (QED) is 0.573. The highest BCUT2D eigenvalue weighted by Crippen LogP contribution is 2.29. The lowest BCUT2D eigenvalue weighted by Gasteiger charge is -2.28. The fourth-order valence-corrected chi connectivity index (χ4v) is 4.17. The van der Waals surface area contributed by atoms with Crippen molar-refractivity contribution in [3.63, 3.8) is 0 Å². The average Bonchev–Trinajstić information content (AvgIpc) is 3.09. The number of hydrogen-bond acceptors (Lipinski definition) is 3. The Morgan fingerprint density at radius 2 is 1.66 bits per heavy atom. The zero-order valence-corrected chi connectivity index (χ0v) is 16.3. The third kappa shape index (κ3) is 3.41. The normalized spacial score (nSPS) is 13.6. The standard InChI is InChI=1S/C24H22N4O/c1-17-13-22(26-28(17)21-11-3-2-4-12-21)25-23(29)16-27-14-19-9-5-7-18-8-6-10-20(15-27)24(18)19/h2-13H,14-16H2,1H3,(H,25,26,29). The van der Waals surface area contributed by atoms with Crippen LogP contribution in [-0.2, 0) is 17.9 Å². The van der Waals surface area contributed by atoms with Crippen LogP contribution in [0.1, 0.15) is 16.8 Å². The first kappa shape index (κ1) is 17.6. The van der Waals surface area contributed by atoms with Gasteiger partial charge in [0.1, 0.15) is 0 Å². The lowest BCUT2D eigenvalue weighted by atomic mass is 9.95. The van der Waals surface area contributed by atoms with Crippen molar-refractivity contribution < 1.29 is 4.79 Å². The van der Waals surface area contributed by atoms with Crippen molar-refractivity contribution >= 4 is 22.5 Å². The third-order valence-electron chi connectivity index (χ3n) is 5.39. The molecule has 1 aliphatic heterocycles. The molecule has 5 heteroatoms. The summed E-state index contributed by atoms with van der Waals surface area (Å²) in [4.78, 5) is 14.9. The summed E-state index contributed by atoms with van der Waals surface area (Å²) >= 11 is 0. The number of carbonyl (C=O) groups excluding carboxylic acids is 1. The minimum Gasteiger partial charge on any atom is -0.308 e. The molecule has 0 spiro atoms. The van der Waals surface area contributed by atoms with Crippen LogP contribution in [0.3, 0.4) is 0 Å². The number of aromatic nitrogens is 2. The summed E-state index contributed by atoms with van der Waals surface area (Å²) in [5.74, 6) is 0.533. The molecule has 1 amide bonds. The molecule has 0 unspecified atom stereocenters. The molecule has 0 aliphatic carbocycles. The van der Waals surface area contributed by atoms with E-state index in [4.69, 9.17) is 0 Å². The first-order chi connectivity index (χ1) is 14.2. The van der Waals surface area contributed by atoms with Crippen LogP contribution in [0.4, 0.5) is 5.82 Å². The molecule has 3 aromatic carbocycles. The summed E-state index contributed by atoms with van der Waals surface area (Å²) in [7, 11) is 0. The molecule has 144 valence electrons. The van der Waals surface area contributed by atoms with E-state index in [2.05, 4.69) is 51.7 Å². The van der Waals surface area contributed by atoms with Crippen LogP contribution < -0.4 is 5.32 Å². The van der Waals surface area contributed by atoms with Gasteiger partial charge in [0.15, 0.2) is 5.82 Å². The highest BCUT2D eigenvalue weighted by Gasteiger charge is 2.20. The Hall–Kier alpha value is -3.44. The zero-order chi connectivity index (χ0) is 19.8. The summed E-state index contributed by atoms with van der Waals surface area (Å²) in [6.07, 6.45) is 0. The van der Waals surface area contributed by atoms with Crippen LogP contribution in [0, 0.1) is 6.92 Å². The number of amides is 1. The second-order valence-electron chi connectivity index (χ2n) is 7.54. The molecular formula is C24H22N4O. The Kier molecular flexibility index (Phi) is 4.37. The number of benzene rings is 3. The van der Waals surface area contributed by atoms with E-state index in [1.165, 1.54) is 21.9 Å². The maximum absolute atomic E-state index is 12.7. The molecule has 1 aliphatic rings. The van der Waals surface area contributed by atoms with E-state index in [0.717, 1.165) is 24.5 Å². The highest BCUT2D eigenvalue weighted by molar-refractivity contribution is 5.92. The molecule has 2 heterocycles. The van der Waals surface area contributed by atoms with Gasteiger partial charge >= 0.3 is 0 Å². The summed E-state index contributed by atoms with van der Waals surface area (Å²) in [5, 5.41) is 10.1. The number of para-hydroxylation sites is 1. The lowest BCUT2D eigenvalue weighted by Crippen LogP contribution is -2.34. The maximum Gasteiger partial charge on any atom is 0.239 e. The van der Waals surface area contributed by atoms with Crippen LogP contribution in [0.5, 0.6) is 0 Å². The predicted octanol–water partition coefficient (Wildman–Crippen LogP) is 4.29. The Bertz CT molecular complexity index is 1160. The molecule has 0 fully saturated rings. The molecule has 0 atom stereocenters. The number of hydrogen-bond donors (Lipinski definition) is 1. The molecule has 29 heavy (non-hydrogen) atoms. The molecular weight excluding hydrogens is 360 g/mol. The van der Waals surface area contributed by atoms with E-state index in [1.54, 1.807) is 0 Å². The van der Waals surface area contributed by atoms with Crippen molar-refractivity contribution in [3.05, 3.63) is 89.6 Å². The largest absolute Gasteiger partial charge is 0.308 e. The number of nitrogens with one attached hydrogen (secondary N) is 1. The average molecular weight is 382 g/mol. The van der Waals surface area contributed by atoms with Gasteiger partial charge in [0, 0.05) is 24.8 Å². The van der Waals surface area contributed by atoms with Crippen molar-refractivity contribution in [2.24, 2.45) is 0 Å². The Morgan fingerprint density at radius 1 is 0.966 bits per heavy atom. The predicted molar refractivity (Wildman–Crippen MR) is 115 cm³/mol. The minimum absolute atomic E-state index is 0.0470. The summed E-state index contributed by atoms with van der Waals surface area (Å²) < 4.78 is 1.84. The highest BCUT2D eigenvalue weighted by atomic mass is 16.2. The molecule has 0 saturated heterocycles. The molecule has 0 saturated carbocycles. The number of nitrogens with zero attached hydrogens (tertiary/aromatic N) is 3. The van der Waals surface area contributed by atoms with Crippen molar-refractivity contribution in [1.82, 2.24) is 14.7 Å². The SMILES string of the molecule is Cc1cc(NC(=O)CN2Cc3cccc4cccc(c34)C2)nn1-c1ccccc1. The minimum atomic E-state index is -0.0470. The van der Waals surface area contributed by atoms with Gasteiger partial charge in [-0.05, 0) is 41.0 Å². The molecule has 5 nitrogen and oxygen atoms in total. The van der Waals surface area contributed by atoms with Gasteiger partial charge in [-0.1, -0.05) is 54.6 Å². The Labute approximate surface area is 169 Å². The molecule has 5 rings (SSSR count). The van der Waals surface area contributed by atoms with Gasteiger partial charge in [-0.25, -0.2) is 4.68 Å². The lowest BCUT2D eigenvalue weighted by molar-refractivity contribution is -0.117. The summed E-state index contributed by atoms with van der Waals surface area (Å²) in [6.45, 7) is 3.87. The van der Waals surface area contributed by atoms with Gasteiger partial charge in [-0.3, -0.25) is 9.69 Å². The third-order valence-corrected chi connectivity index (χ3v) is 5.39. The molecule has 0 bridgehead atoms. The zero-order valence-electron chi connectivity index (χ0n) is 16.3. The Morgan fingerprint density at radius 3 is 2.34 bits per heavy atom. The molecule has 4 aromatic rings. The monoisotopic (exact) mass is 382 g/mol. The molecule has 1 aromatic heterocycles. The van der Waals surface area contributed by atoms with Gasteiger partial charge in [0.25, 0.3) is 0 Å². The van der Waals surface area contributed by atoms with Gasteiger partial charge < -0.3 is 5.32 Å². The molecule has 0 radical (unpaired) electrons. The van der Waals surface area contributed by atoms with E-state index >= 15 is 0 Å². The fraction of sp³-hybridized carbons (Fsp3) is 0.167. The van der Waals surface area contributed by atoms with Crippen molar-refractivity contribution in [2.45, 2.75) is 20.0 Å². The second-order valence-corrected chi connectivity index (χ2v) is 7.54. The second kappa shape index (κ2) is 7.18. The number of carbonyl (C=O) groups is 1. The van der Waals surface area contributed by atoms with E-state index in [-0.39, 0.29) is 5.91 Å². The van der Waals surface area contributed by atoms with Gasteiger partial charge in [-0.15, -0.1) is 5.10 Å². The topological polar surface area (TPSA) is 50.2 Å². The van der Waals surface area contributed by atoms with Crippen LogP contribution in [0.2, 0.25) is 0 Å². The van der Waals surface area contributed by atoms with E-state index in [9.17, 15) is 4.79 Å². The first-order valence-corrected chi connectivity index (χ1v) is 9.81. The first-order valence-electron chi connectivity index (χ1n) is 9.81. The van der Waals surface area contributed by atoms with Gasteiger partial charge in [0.2, 0.25) is 5.91 Å². The summed E-state index contributed by atoms with van der Waals surface area (Å²) in [5.41, 5.74) is 4.51.